The van der Waals surface area contributed by atoms with Crippen LogP contribution in [0.4, 0.5) is 0 Å². The maximum absolute atomic E-state index is 12.4. The fourth-order valence-corrected chi connectivity index (χ4v) is 3.46. The summed E-state index contributed by atoms with van der Waals surface area (Å²) in [7, 11) is 0. The van der Waals surface area contributed by atoms with E-state index in [-0.39, 0.29) is 5.91 Å². The molecule has 1 saturated heterocycles. The predicted octanol–water partition coefficient (Wildman–Crippen LogP) is 3.55. The first-order chi connectivity index (χ1) is 11.2. The van der Waals surface area contributed by atoms with Crippen molar-refractivity contribution in [3.63, 3.8) is 0 Å². The van der Waals surface area contributed by atoms with Gasteiger partial charge in [0.25, 0.3) is 5.91 Å². The molecular formula is C18H22ClN3O. The summed E-state index contributed by atoms with van der Waals surface area (Å²) in [5.41, 5.74) is 2.38. The molecule has 2 N–H and O–H groups in total. The molecule has 1 aromatic heterocycles. The van der Waals surface area contributed by atoms with Gasteiger partial charge in [-0.05, 0) is 37.6 Å². The average Bonchev–Trinajstić information content (AvgIpc) is 3.19. The third kappa shape index (κ3) is 3.59. The number of hydrogen-bond donors (Lipinski definition) is 2. The normalized spacial score (nSPS) is 18.3. The molecule has 0 spiro atoms. The van der Waals surface area contributed by atoms with E-state index in [1.54, 1.807) is 0 Å². The van der Waals surface area contributed by atoms with E-state index >= 15 is 0 Å². The van der Waals surface area contributed by atoms with Gasteiger partial charge in [0.05, 0.1) is 5.56 Å². The highest BCUT2D eigenvalue weighted by molar-refractivity contribution is 6.33. The summed E-state index contributed by atoms with van der Waals surface area (Å²) in [6, 6.07) is 12.1. The standard InChI is InChI=1S/C18H22ClN3O/c1-2-22-10-6-9-14(22)12-20-18(23)15-11-16(21-17(15)19)13-7-4-3-5-8-13/h3-5,7-8,11,14,21H,2,6,9-10,12H2,1H3,(H,20,23). The molecule has 23 heavy (non-hydrogen) atoms. The summed E-state index contributed by atoms with van der Waals surface area (Å²) in [4.78, 5) is 17.9. The van der Waals surface area contributed by atoms with E-state index in [2.05, 4.69) is 22.1 Å². The van der Waals surface area contributed by atoms with E-state index in [1.165, 1.54) is 6.42 Å². The molecule has 1 amide bonds. The SMILES string of the molecule is CCN1CCCC1CNC(=O)c1cc(-c2ccccc2)[nH]c1Cl. The Bertz CT molecular complexity index is 668. The summed E-state index contributed by atoms with van der Waals surface area (Å²) < 4.78 is 0. The molecule has 0 bridgehead atoms. The third-order valence-electron chi connectivity index (χ3n) is 4.50. The van der Waals surface area contributed by atoms with Gasteiger partial charge in [-0.15, -0.1) is 0 Å². The van der Waals surface area contributed by atoms with Crippen molar-refractivity contribution < 1.29 is 4.79 Å². The van der Waals surface area contributed by atoms with Crippen molar-refractivity contribution in [2.24, 2.45) is 0 Å². The number of H-pyrrole nitrogens is 1. The lowest BCUT2D eigenvalue weighted by Gasteiger charge is -2.22. The lowest BCUT2D eigenvalue weighted by atomic mass is 10.1. The molecule has 1 aliphatic rings. The minimum absolute atomic E-state index is 0.114. The summed E-state index contributed by atoms with van der Waals surface area (Å²) in [6.45, 7) is 4.99. The van der Waals surface area contributed by atoms with Gasteiger partial charge in [0, 0.05) is 18.3 Å². The summed E-state index contributed by atoms with van der Waals surface area (Å²) in [5, 5.41) is 3.41. The zero-order valence-electron chi connectivity index (χ0n) is 13.3. The van der Waals surface area contributed by atoms with Gasteiger partial charge in [0.2, 0.25) is 0 Å². The van der Waals surface area contributed by atoms with Gasteiger partial charge in [0.1, 0.15) is 5.15 Å². The van der Waals surface area contributed by atoms with Crippen LogP contribution in [-0.2, 0) is 0 Å². The maximum atomic E-state index is 12.4. The lowest BCUT2D eigenvalue weighted by molar-refractivity contribution is 0.0941. The Morgan fingerprint density at radius 2 is 2.17 bits per heavy atom. The molecule has 4 nitrogen and oxygen atoms in total. The van der Waals surface area contributed by atoms with Crippen LogP contribution in [0.15, 0.2) is 36.4 Å². The highest BCUT2D eigenvalue weighted by Gasteiger charge is 2.24. The number of hydrogen-bond acceptors (Lipinski definition) is 2. The molecule has 0 aliphatic carbocycles. The zero-order valence-corrected chi connectivity index (χ0v) is 14.1. The molecule has 2 heterocycles. The van der Waals surface area contributed by atoms with Gasteiger partial charge >= 0.3 is 0 Å². The zero-order chi connectivity index (χ0) is 16.2. The number of halogens is 1. The second kappa shape index (κ2) is 7.20. The van der Waals surface area contributed by atoms with Crippen LogP contribution < -0.4 is 5.32 Å². The van der Waals surface area contributed by atoms with E-state index in [9.17, 15) is 4.79 Å². The van der Waals surface area contributed by atoms with E-state index < -0.39 is 0 Å². The van der Waals surface area contributed by atoms with Crippen LogP contribution in [0.5, 0.6) is 0 Å². The van der Waals surface area contributed by atoms with Crippen LogP contribution in [0.25, 0.3) is 11.3 Å². The van der Waals surface area contributed by atoms with Gasteiger partial charge in [-0.2, -0.15) is 0 Å². The smallest absolute Gasteiger partial charge is 0.254 e. The van der Waals surface area contributed by atoms with Gasteiger partial charge in [-0.3, -0.25) is 9.69 Å². The first kappa shape index (κ1) is 16.1. The van der Waals surface area contributed by atoms with E-state index in [0.29, 0.717) is 23.3 Å². The van der Waals surface area contributed by atoms with E-state index in [4.69, 9.17) is 11.6 Å². The Kier molecular flexibility index (Phi) is 5.03. The molecule has 0 saturated carbocycles. The number of amides is 1. The second-order valence-corrected chi connectivity index (χ2v) is 6.29. The number of benzene rings is 1. The Morgan fingerprint density at radius 3 is 2.91 bits per heavy atom. The lowest BCUT2D eigenvalue weighted by Crippen LogP contribution is -2.40. The van der Waals surface area contributed by atoms with Crippen LogP contribution in [0, 0.1) is 0 Å². The number of nitrogens with one attached hydrogen (secondary N) is 2. The Morgan fingerprint density at radius 1 is 1.39 bits per heavy atom. The third-order valence-corrected chi connectivity index (χ3v) is 4.80. The number of likely N-dealkylation sites (tertiary alicyclic amines) is 1. The second-order valence-electron chi connectivity index (χ2n) is 5.91. The maximum Gasteiger partial charge on any atom is 0.254 e. The fourth-order valence-electron chi connectivity index (χ4n) is 3.22. The first-order valence-electron chi connectivity index (χ1n) is 8.15. The molecule has 1 atom stereocenters. The molecule has 2 aromatic rings. The predicted molar refractivity (Wildman–Crippen MR) is 93.8 cm³/mol. The van der Waals surface area contributed by atoms with E-state index in [1.807, 2.05) is 36.4 Å². The van der Waals surface area contributed by atoms with Crippen molar-refractivity contribution in [1.82, 2.24) is 15.2 Å². The Balaban J connectivity index is 1.67. The number of nitrogens with zero attached hydrogens (tertiary/aromatic N) is 1. The molecule has 5 heteroatoms. The largest absolute Gasteiger partial charge is 0.350 e. The number of carbonyl (C=O) groups is 1. The monoisotopic (exact) mass is 331 g/mol. The number of likely N-dealkylation sites (N-methyl/N-ethyl adjacent to an activating group) is 1. The van der Waals surface area contributed by atoms with Gasteiger partial charge in [-0.1, -0.05) is 48.9 Å². The summed E-state index contributed by atoms with van der Waals surface area (Å²) >= 11 is 6.21. The van der Waals surface area contributed by atoms with Gasteiger partial charge in [0.15, 0.2) is 0 Å². The molecule has 122 valence electrons. The number of carbonyl (C=O) groups excluding carboxylic acids is 1. The van der Waals surface area contributed by atoms with Gasteiger partial charge < -0.3 is 10.3 Å². The average molecular weight is 332 g/mol. The van der Waals surface area contributed by atoms with Crippen LogP contribution in [-0.4, -0.2) is 41.5 Å². The van der Waals surface area contributed by atoms with E-state index in [0.717, 1.165) is 30.8 Å². The van der Waals surface area contributed by atoms with Crippen molar-refractivity contribution in [1.29, 1.82) is 0 Å². The van der Waals surface area contributed by atoms with Crippen molar-refractivity contribution in [3.8, 4) is 11.3 Å². The summed E-state index contributed by atoms with van der Waals surface area (Å²) in [6.07, 6.45) is 2.35. The van der Waals surface area contributed by atoms with Gasteiger partial charge in [-0.25, -0.2) is 0 Å². The molecule has 0 radical (unpaired) electrons. The Labute approximate surface area is 141 Å². The fraction of sp³-hybridized carbons (Fsp3) is 0.389. The molecule has 1 unspecified atom stereocenters. The highest BCUT2D eigenvalue weighted by Crippen LogP contribution is 2.25. The topological polar surface area (TPSA) is 48.1 Å². The van der Waals surface area contributed by atoms with Crippen LogP contribution in [0.1, 0.15) is 30.1 Å². The van der Waals surface area contributed by atoms with Crippen molar-refractivity contribution in [3.05, 3.63) is 47.1 Å². The minimum atomic E-state index is -0.114. The first-order valence-corrected chi connectivity index (χ1v) is 8.53. The Hall–Kier alpha value is -1.78. The van der Waals surface area contributed by atoms with Crippen LogP contribution >= 0.6 is 11.6 Å². The van der Waals surface area contributed by atoms with Crippen molar-refractivity contribution >= 4 is 17.5 Å². The number of aromatic nitrogens is 1. The number of rotatable bonds is 5. The minimum Gasteiger partial charge on any atom is -0.350 e. The highest BCUT2D eigenvalue weighted by atomic mass is 35.5. The molecule has 1 aliphatic heterocycles. The summed E-state index contributed by atoms with van der Waals surface area (Å²) in [5.74, 6) is -0.114. The van der Waals surface area contributed by atoms with Crippen molar-refractivity contribution in [2.45, 2.75) is 25.8 Å². The number of aromatic amines is 1. The quantitative estimate of drug-likeness (QED) is 0.880. The van der Waals surface area contributed by atoms with Crippen molar-refractivity contribution in [2.75, 3.05) is 19.6 Å². The van der Waals surface area contributed by atoms with Crippen LogP contribution in [0.3, 0.4) is 0 Å². The molecular weight excluding hydrogens is 310 g/mol. The molecule has 1 aromatic carbocycles. The molecule has 1 fully saturated rings. The van der Waals surface area contributed by atoms with Crippen LogP contribution in [0.2, 0.25) is 5.15 Å². The molecule has 3 rings (SSSR count).